The molecule has 0 radical (unpaired) electrons. The zero-order valence-electron chi connectivity index (χ0n) is 31.9. The number of ether oxygens (including phenoxy) is 4. The molecule has 9 heteroatoms. The first-order valence-corrected chi connectivity index (χ1v) is 19.7. The summed E-state index contributed by atoms with van der Waals surface area (Å²) in [5.41, 5.74) is 8.80. The van der Waals surface area contributed by atoms with E-state index < -0.39 is 34.8 Å². The minimum Gasteiger partial charge on any atom is -0.450 e. The number of rotatable bonds is 5. The number of allylic oxidation sites excluding steroid dienone is 2. The quantitative estimate of drug-likeness (QED) is 0.206. The molecule has 3 saturated heterocycles. The van der Waals surface area contributed by atoms with Crippen molar-refractivity contribution in [1.29, 1.82) is 0 Å². The summed E-state index contributed by atoms with van der Waals surface area (Å²) in [5, 5.41) is 23.5. The third-order valence-electron chi connectivity index (χ3n) is 13.6. The molecule has 1 aliphatic carbocycles. The van der Waals surface area contributed by atoms with Gasteiger partial charge in [-0.1, -0.05) is 37.6 Å². The van der Waals surface area contributed by atoms with Crippen LogP contribution < -0.4 is 5.73 Å². The Morgan fingerprint density at radius 1 is 1.06 bits per heavy atom. The van der Waals surface area contributed by atoms with Crippen molar-refractivity contribution in [3.63, 3.8) is 0 Å². The SMILES string of the molecule is C=C1CCCC(=O)[C@@]2(CC[C@H](C)CN)CCC([C@H]3C=C(C)C(=O)O3)=C(C)[C@@H]2/C=C(\C)[C@H](O)C[C@@H]2O[C@]3(CC[C@]4(O[C@H](CC[C@@]4(C)O)C1)O3)C[C@@H]2C. The van der Waals surface area contributed by atoms with Gasteiger partial charge in [-0.05, 0) is 121 Å². The molecule has 6 aliphatic rings. The van der Waals surface area contributed by atoms with Crippen LogP contribution in [0.5, 0.6) is 0 Å². The standard InChI is InChI=1S/C42H63NO8/c1-25-9-8-10-37(45)40(15-11-26(2)24-43)16-13-32(36-21-28(4)38(46)48-36)30(6)33(40)20-27(3)34(44)22-35-29(5)23-41(50-35)17-18-42(51-41)39(7,47)14-12-31(19-25)49-42/h20-21,26,29,31,33-36,44,47H,1,8-19,22-24,43H2,2-7H3/b27-20+/t26-,29-,31+,33-,34+,35-,36+,39+,40-,41-,42-/m0/s1. The molecule has 11 atom stereocenters. The zero-order valence-corrected chi connectivity index (χ0v) is 31.9. The molecule has 3 fully saturated rings. The maximum Gasteiger partial charge on any atom is 0.334 e. The lowest BCUT2D eigenvalue weighted by molar-refractivity contribution is -0.387. The molecular formula is C42H63NO8. The lowest BCUT2D eigenvalue weighted by Gasteiger charge is -2.49. The van der Waals surface area contributed by atoms with E-state index >= 15 is 0 Å². The minimum absolute atomic E-state index is 0.116. The summed E-state index contributed by atoms with van der Waals surface area (Å²) in [5.74, 6) is -2.00. The number of hydrogen-bond acceptors (Lipinski definition) is 9. The van der Waals surface area contributed by atoms with Crippen molar-refractivity contribution in [3.8, 4) is 0 Å². The fourth-order valence-corrected chi connectivity index (χ4v) is 10.0. The van der Waals surface area contributed by atoms with E-state index in [1.807, 2.05) is 19.9 Å². The highest BCUT2D eigenvalue weighted by molar-refractivity contribution is 5.91. The number of hydrogen-bond donors (Lipinski definition) is 3. The van der Waals surface area contributed by atoms with Crippen LogP contribution in [0.15, 0.2) is 46.6 Å². The van der Waals surface area contributed by atoms with Crippen LogP contribution in [0.1, 0.15) is 131 Å². The molecule has 5 aliphatic heterocycles. The minimum atomic E-state index is -1.16. The Morgan fingerprint density at radius 2 is 1.82 bits per heavy atom. The number of ketones is 1. The molecule has 0 saturated carbocycles. The third-order valence-corrected chi connectivity index (χ3v) is 13.6. The highest BCUT2D eigenvalue weighted by Gasteiger charge is 2.64. The third kappa shape index (κ3) is 7.37. The molecule has 0 aromatic heterocycles. The van der Waals surface area contributed by atoms with Crippen LogP contribution in [-0.4, -0.2) is 70.1 Å². The number of nitrogens with two attached hydrogens (primary N) is 1. The molecular weight excluding hydrogens is 646 g/mol. The fourth-order valence-electron chi connectivity index (χ4n) is 10.0. The van der Waals surface area contributed by atoms with Gasteiger partial charge in [0, 0.05) is 49.0 Å². The number of aliphatic hydroxyl groups excluding tert-OH is 1. The summed E-state index contributed by atoms with van der Waals surface area (Å²) in [4.78, 5) is 27.3. The van der Waals surface area contributed by atoms with Gasteiger partial charge in [0.1, 0.15) is 17.5 Å². The van der Waals surface area contributed by atoms with Crippen LogP contribution in [0, 0.1) is 23.2 Å². The van der Waals surface area contributed by atoms with Crippen LogP contribution in [0.2, 0.25) is 0 Å². The monoisotopic (exact) mass is 709 g/mol. The van der Waals surface area contributed by atoms with E-state index in [-0.39, 0.29) is 41.7 Å². The molecule has 0 amide bonds. The first-order chi connectivity index (χ1) is 24.0. The maximum atomic E-state index is 14.8. The van der Waals surface area contributed by atoms with E-state index in [4.69, 9.17) is 24.7 Å². The topological polar surface area (TPSA) is 138 Å². The molecule has 5 heterocycles. The predicted octanol–water partition coefficient (Wildman–Crippen LogP) is 6.90. The van der Waals surface area contributed by atoms with Crippen molar-refractivity contribution in [1.82, 2.24) is 0 Å². The summed E-state index contributed by atoms with van der Waals surface area (Å²) < 4.78 is 26.0. The Labute approximate surface area is 305 Å². The Hall–Kier alpha value is -2.14. The van der Waals surface area contributed by atoms with E-state index in [9.17, 15) is 19.8 Å². The van der Waals surface area contributed by atoms with Crippen molar-refractivity contribution in [2.45, 2.75) is 173 Å². The second kappa shape index (κ2) is 14.6. The lowest BCUT2D eigenvalue weighted by atomic mass is 9.58. The van der Waals surface area contributed by atoms with Gasteiger partial charge in [-0.15, -0.1) is 0 Å². The second-order valence-corrected chi connectivity index (χ2v) is 17.4. The van der Waals surface area contributed by atoms with Gasteiger partial charge in [0.05, 0.1) is 18.3 Å². The number of carbonyl (C=O) groups is 2. The Bertz CT molecular complexity index is 1480. The number of Topliss-reactive ketones (excluding diaryl/α,β-unsaturated/α-hetero) is 1. The highest BCUT2D eigenvalue weighted by Crippen LogP contribution is 2.56. The van der Waals surface area contributed by atoms with Gasteiger partial charge < -0.3 is 34.9 Å². The Kier molecular flexibility index (Phi) is 11.0. The van der Waals surface area contributed by atoms with Crippen LogP contribution in [0.25, 0.3) is 0 Å². The van der Waals surface area contributed by atoms with E-state index in [0.717, 1.165) is 28.7 Å². The summed E-state index contributed by atoms with van der Waals surface area (Å²) in [6, 6.07) is 0. The van der Waals surface area contributed by atoms with Crippen LogP contribution in [0.3, 0.4) is 0 Å². The van der Waals surface area contributed by atoms with Gasteiger partial charge in [0.25, 0.3) is 0 Å². The average molecular weight is 710 g/mol. The molecule has 284 valence electrons. The largest absolute Gasteiger partial charge is 0.450 e. The van der Waals surface area contributed by atoms with Crippen molar-refractivity contribution >= 4 is 11.8 Å². The number of aliphatic hydroxyl groups is 2. The summed E-state index contributed by atoms with van der Waals surface area (Å²) >= 11 is 0. The molecule has 2 spiro atoms. The molecule has 0 aromatic carbocycles. The molecule has 4 N–H and O–H groups in total. The average Bonchev–Trinajstić information content (AvgIpc) is 3.71. The van der Waals surface area contributed by atoms with Gasteiger partial charge in [-0.3, -0.25) is 4.79 Å². The Balaban J connectivity index is 1.38. The Morgan fingerprint density at radius 3 is 2.53 bits per heavy atom. The van der Waals surface area contributed by atoms with E-state index in [1.165, 1.54) is 0 Å². The number of cyclic esters (lactones) is 1. The normalized spacial score (nSPS) is 44.1. The van der Waals surface area contributed by atoms with Gasteiger partial charge >= 0.3 is 5.97 Å². The fraction of sp³-hybridized carbons (Fsp3) is 0.762. The molecule has 0 unspecified atom stereocenters. The van der Waals surface area contributed by atoms with Gasteiger partial charge in [0.15, 0.2) is 5.79 Å². The van der Waals surface area contributed by atoms with Crippen molar-refractivity contribution in [2.75, 3.05) is 6.54 Å². The summed E-state index contributed by atoms with van der Waals surface area (Å²) in [6.45, 7) is 16.9. The molecule has 9 nitrogen and oxygen atoms in total. The summed E-state index contributed by atoms with van der Waals surface area (Å²) in [7, 11) is 0. The zero-order chi connectivity index (χ0) is 36.9. The number of carbonyl (C=O) groups excluding carboxylic acids is 2. The predicted molar refractivity (Wildman–Crippen MR) is 195 cm³/mol. The molecule has 6 rings (SSSR count). The molecule has 4 bridgehead atoms. The van der Waals surface area contributed by atoms with Crippen molar-refractivity contribution in [3.05, 3.63) is 46.6 Å². The van der Waals surface area contributed by atoms with Crippen molar-refractivity contribution < 1.29 is 38.7 Å². The first-order valence-electron chi connectivity index (χ1n) is 19.7. The van der Waals surface area contributed by atoms with E-state index in [1.54, 1.807) is 6.92 Å². The van der Waals surface area contributed by atoms with E-state index in [2.05, 4.69) is 33.4 Å². The smallest absolute Gasteiger partial charge is 0.334 e. The second-order valence-electron chi connectivity index (χ2n) is 17.4. The maximum absolute atomic E-state index is 14.8. The number of esters is 1. The number of fused-ring (bicyclic) bond motifs is 3. The van der Waals surface area contributed by atoms with Gasteiger partial charge in [0.2, 0.25) is 5.79 Å². The van der Waals surface area contributed by atoms with Crippen LogP contribution in [0.4, 0.5) is 0 Å². The lowest BCUT2D eigenvalue weighted by Crippen LogP contribution is -2.60. The van der Waals surface area contributed by atoms with Gasteiger partial charge in [-0.25, -0.2) is 4.79 Å². The van der Waals surface area contributed by atoms with Crippen molar-refractivity contribution in [2.24, 2.45) is 28.9 Å². The molecule has 0 aromatic rings. The highest BCUT2D eigenvalue weighted by atomic mass is 16.8. The van der Waals surface area contributed by atoms with Gasteiger partial charge in [-0.2, -0.15) is 0 Å². The van der Waals surface area contributed by atoms with Crippen LogP contribution >= 0.6 is 0 Å². The molecule has 51 heavy (non-hydrogen) atoms. The first kappa shape index (κ1) is 38.6. The summed E-state index contributed by atoms with van der Waals surface area (Å²) in [6.07, 6.45) is 11.1. The van der Waals surface area contributed by atoms with E-state index in [0.29, 0.717) is 95.6 Å². The van der Waals surface area contributed by atoms with Crippen LogP contribution in [-0.2, 0) is 28.5 Å².